The molecule has 0 spiro atoms. The van der Waals surface area contributed by atoms with Gasteiger partial charge in [0.05, 0.1) is 5.69 Å². The molecule has 5 nitrogen and oxygen atoms in total. The number of likely N-dealkylation sites (tertiary alicyclic amines) is 1. The van der Waals surface area contributed by atoms with Crippen LogP contribution in [0.4, 0.5) is 5.95 Å². The standard InChI is InChI=1S/C18H22N4O/c1-22-10-9-13(11-22)23-17-15-8-4-6-12-5-2-3-7-14(12)16(15)20-18(19)21-17/h2-3,5,7,13H,4,6,8-11H2,1H3,(H2,19,20,21)/t13-/m1/s1. The van der Waals surface area contributed by atoms with Crippen molar-refractivity contribution in [1.82, 2.24) is 14.9 Å². The highest BCUT2D eigenvalue weighted by Crippen LogP contribution is 2.36. The molecule has 120 valence electrons. The van der Waals surface area contributed by atoms with Gasteiger partial charge >= 0.3 is 0 Å². The second-order valence-electron chi connectivity index (χ2n) is 6.52. The Morgan fingerprint density at radius 3 is 2.91 bits per heavy atom. The number of nitrogen functional groups attached to an aromatic ring is 1. The second-order valence-corrected chi connectivity index (χ2v) is 6.52. The lowest BCUT2D eigenvalue weighted by Crippen LogP contribution is -2.23. The summed E-state index contributed by atoms with van der Waals surface area (Å²) in [5.41, 5.74) is 10.5. The number of nitrogens with zero attached hydrogens (tertiary/aromatic N) is 3. The Balaban J connectivity index is 1.76. The zero-order valence-corrected chi connectivity index (χ0v) is 13.5. The molecule has 0 saturated carbocycles. The van der Waals surface area contributed by atoms with Crippen LogP contribution >= 0.6 is 0 Å². The maximum Gasteiger partial charge on any atom is 0.223 e. The third-order valence-corrected chi connectivity index (χ3v) is 4.76. The monoisotopic (exact) mass is 310 g/mol. The van der Waals surface area contributed by atoms with Crippen molar-refractivity contribution in [2.45, 2.75) is 31.8 Å². The molecule has 5 heteroatoms. The average Bonchev–Trinajstić information content (AvgIpc) is 2.85. The van der Waals surface area contributed by atoms with Crippen molar-refractivity contribution in [2.24, 2.45) is 0 Å². The highest BCUT2D eigenvalue weighted by molar-refractivity contribution is 5.70. The highest BCUT2D eigenvalue weighted by atomic mass is 16.5. The molecule has 1 atom stereocenters. The third kappa shape index (κ3) is 2.77. The SMILES string of the molecule is CN1CC[C@@H](Oc2nc(N)nc3c2CCCc2ccccc2-3)C1. The molecular weight excluding hydrogens is 288 g/mol. The summed E-state index contributed by atoms with van der Waals surface area (Å²) in [4.78, 5) is 11.2. The molecule has 2 aromatic rings. The van der Waals surface area contributed by atoms with E-state index in [2.05, 4.69) is 46.2 Å². The highest BCUT2D eigenvalue weighted by Gasteiger charge is 2.26. The molecule has 4 rings (SSSR count). The van der Waals surface area contributed by atoms with Crippen molar-refractivity contribution >= 4 is 5.95 Å². The van der Waals surface area contributed by atoms with Crippen LogP contribution in [0.15, 0.2) is 24.3 Å². The number of aryl methyl sites for hydroxylation is 1. The van der Waals surface area contributed by atoms with E-state index in [-0.39, 0.29) is 6.10 Å². The molecule has 23 heavy (non-hydrogen) atoms. The van der Waals surface area contributed by atoms with Gasteiger partial charge in [0, 0.05) is 24.2 Å². The molecule has 2 heterocycles. The maximum absolute atomic E-state index is 6.22. The number of nitrogens with two attached hydrogens (primary N) is 1. The summed E-state index contributed by atoms with van der Waals surface area (Å²) in [5.74, 6) is 0.978. The molecule has 1 saturated heterocycles. The number of fused-ring (bicyclic) bond motifs is 3. The first kappa shape index (κ1) is 14.5. The number of rotatable bonds is 2. The van der Waals surface area contributed by atoms with Crippen molar-refractivity contribution in [3.63, 3.8) is 0 Å². The molecule has 2 N–H and O–H groups in total. The predicted molar refractivity (Wildman–Crippen MR) is 90.4 cm³/mol. The molecule has 0 unspecified atom stereocenters. The van der Waals surface area contributed by atoms with Gasteiger partial charge in [0.15, 0.2) is 0 Å². The van der Waals surface area contributed by atoms with Gasteiger partial charge < -0.3 is 15.4 Å². The van der Waals surface area contributed by atoms with Crippen molar-refractivity contribution in [3.05, 3.63) is 35.4 Å². The summed E-state index contributed by atoms with van der Waals surface area (Å²) in [5, 5.41) is 0. The summed E-state index contributed by atoms with van der Waals surface area (Å²) in [6.07, 6.45) is 4.29. The van der Waals surface area contributed by atoms with E-state index >= 15 is 0 Å². The van der Waals surface area contributed by atoms with E-state index in [0.717, 1.165) is 50.0 Å². The number of benzene rings is 1. The van der Waals surface area contributed by atoms with E-state index < -0.39 is 0 Å². The van der Waals surface area contributed by atoms with Crippen LogP contribution in [0, 0.1) is 0 Å². The molecule has 1 fully saturated rings. The Bertz CT molecular complexity index is 731. The molecule has 1 aliphatic carbocycles. The fraction of sp³-hybridized carbons (Fsp3) is 0.444. The normalized spacial score (nSPS) is 20.7. The lowest BCUT2D eigenvalue weighted by atomic mass is 10.0. The molecule has 0 radical (unpaired) electrons. The second kappa shape index (κ2) is 5.81. The third-order valence-electron chi connectivity index (χ3n) is 4.76. The van der Waals surface area contributed by atoms with Crippen molar-refractivity contribution in [1.29, 1.82) is 0 Å². The van der Waals surface area contributed by atoms with Gasteiger partial charge in [-0.1, -0.05) is 24.3 Å². The molecule has 1 aliphatic heterocycles. The van der Waals surface area contributed by atoms with Gasteiger partial charge in [-0.2, -0.15) is 4.98 Å². The van der Waals surface area contributed by atoms with Crippen LogP contribution in [0.1, 0.15) is 24.0 Å². The fourth-order valence-corrected chi connectivity index (χ4v) is 3.60. The summed E-state index contributed by atoms with van der Waals surface area (Å²) in [6, 6.07) is 8.44. The number of hydrogen-bond donors (Lipinski definition) is 1. The summed E-state index contributed by atoms with van der Waals surface area (Å²) in [7, 11) is 2.12. The molecule has 0 bridgehead atoms. The maximum atomic E-state index is 6.22. The van der Waals surface area contributed by atoms with Crippen molar-refractivity contribution < 1.29 is 4.74 Å². The van der Waals surface area contributed by atoms with Crippen LogP contribution in [-0.4, -0.2) is 41.1 Å². The Labute approximate surface area is 136 Å². The summed E-state index contributed by atoms with van der Waals surface area (Å²) >= 11 is 0. The Kier molecular flexibility index (Phi) is 3.65. The van der Waals surface area contributed by atoms with E-state index in [1.807, 2.05) is 0 Å². The van der Waals surface area contributed by atoms with E-state index in [9.17, 15) is 0 Å². The Morgan fingerprint density at radius 2 is 2.09 bits per heavy atom. The van der Waals surface area contributed by atoms with Crippen LogP contribution in [0.5, 0.6) is 5.88 Å². The van der Waals surface area contributed by atoms with E-state index in [0.29, 0.717) is 11.8 Å². The number of anilines is 1. The summed E-state index contributed by atoms with van der Waals surface area (Å²) < 4.78 is 6.22. The van der Waals surface area contributed by atoms with E-state index in [1.54, 1.807) is 0 Å². The van der Waals surface area contributed by atoms with Crippen molar-refractivity contribution in [2.75, 3.05) is 25.9 Å². The largest absolute Gasteiger partial charge is 0.473 e. The topological polar surface area (TPSA) is 64.3 Å². The first-order chi connectivity index (χ1) is 11.2. The van der Waals surface area contributed by atoms with Gasteiger partial charge in [0.1, 0.15) is 6.10 Å². The molecular formula is C18H22N4O. The average molecular weight is 310 g/mol. The minimum atomic E-state index is 0.192. The van der Waals surface area contributed by atoms with Gasteiger partial charge in [0.25, 0.3) is 0 Å². The molecule has 1 aromatic carbocycles. The number of hydrogen-bond acceptors (Lipinski definition) is 5. The zero-order valence-electron chi connectivity index (χ0n) is 13.5. The first-order valence-corrected chi connectivity index (χ1v) is 8.30. The zero-order chi connectivity index (χ0) is 15.8. The molecule has 2 aliphatic rings. The van der Waals surface area contributed by atoms with Gasteiger partial charge in [-0.05, 0) is 38.3 Å². The lowest BCUT2D eigenvalue weighted by Gasteiger charge is -2.17. The first-order valence-electron chi connectivity index (χ1n) is 8.30. The van der Waals surface area contributed by atoms with Gasteiger partial charge in [-0.25, -0.2) is 4.98 Å². The number of ether oxygens (including phenoxy) is 1. The quantitative estimate of drug-likeness (QED) is 0.922. The van der Waals surface area contributed by atoms with Crippen LogP contribution in [-0.2, 0) is 12.8 Å². The predicted octanol–water partition coefficient (Wildman–Crippen LogP) is 2.30. The Morgan fingerprint density at radius 1 is 1.22 bits per heavy atom. The fourth-order valence-electron chi connectivity index (χ4n) is 3.60. The smallest absolute Gasteiger partial charge is 0.223 e. The van der Waals surface area contributed by atoms with E-state index in [1.165, 1.54) is 11.1 Å². The minimum Gasteiger partial charge on any atom is -0.473 e. The van der Waals surface area contributed by atoms with Gasteiger partial charge in [-0.3, -0.25) is 0 Å². The molecule has 1 aromatic heterocycles. The van der Waals surface area contributed by atoms with Gasteiger partial charge in [0.2, 0.25) is 11.8 Å². The van der Waals surface area contributed by atoms with E-state index in [4.69, 9.17) is 10.5 Å². The Hall–Kier alpha value is -2.14. The minimum absolute atomic E-state index is 0.192. The van der Waals surface area contributed by atoms with Crippen LogP contribution < -0.4 is 10.5 Å². The van der Waals surface area contributed by atoms with Gasteiger partial charge in [-0.15, -0.1) is 0 Å². The van der Waals surface area contributed by atoms with Crippen LogP contribution in [0.3, 0.4) is 0 Å². The van der Waals surface area contributed by atoms with Crippen LogP contribution in [0.2, 0.25) is 0 Å². The van der Waals surface area contributed by atoms with Crippen molar-refractivity contribution in [3.8, 4) is 17.1 Å². The molecule has 0 amide bonds. The lowest BCUT2D eigenvalue weighted by molar-refractivity contribution is 0.198. The number of likely N-dealkylation sites (N-methyl/N-ethyl adjacent to an activating group) is 1. The summed E-state index contributed by atoms with van der Waals surface area (Å²) in [6.45, 7) is 2.01. The van der Waals surface area contributed by atoms with Crippen LogP contribution in [0.25, 0.3) is 11.3 Å². The number of aromatic nitrogens is 2.